The largest absolute Gasteiger partial charge is 0.334 e. The van der Waals surface area contributed by atoms with E-state index in [9.17, 15) is 9.18 Å². The first-order valence-electron chi connectivity index (χ1n) is 11.4. The lowest BCUT2D eigenvalue weighted by molar-refractivity contribution is 0.244. The average molecular weight is 469 g/mol. The number of hydrogen-bond donors (Lipinski definition) is 1. The molecule has 0 saturated heterocycles. The number of rotatable bonds is 4. The number of carbonyl (C=O) groups excluding carboxylic acids is 1. The summed E-state index contributed by atoms with van der Waals surface area (Å²) >= 11 is 0. The number of aryl methyl sites for hydroxylation is 3. The van der Waals surface area contributed by atoms with E-state index in [-0.39, 0.29) is 11.9 Å². The zero-order valence-electron chi connectivity index (χ0n) is 20.0. The van der Waals surface area contributed by atoms with Gasteiger partial charge in [-0.1, -0.05) is 47.1 Å². The first-order chi connectivity index (χ1) is 16.8. The van der Waals surface area contributed by atoms with Gasteiger partial charge in [-0.15, -0.1) is 0 Å². The van der Waals surface area contributed by atoms with Gasteiger partial charge in [-0.3, -0.25) is 4.90 Å². The normalized spacial score (nSPS) is 16.0. The van der Waals surface area contributed by atoms with Crippen LogP contribution in [-0.2, 0) is 0 Å². The van der Waals surface area contributed by atoms with Gasteiger partial charge in [0.1, 0.15) is 5.82 Å². The predicted molar refractivity (Wildman–Crippen MR) is 133 cm³/mol. The fourth-order valence-corrected chi connectivity index (χ4v) is 4.58. The van der Waals surface area contributed by atoms with Crippen molar-refractivity contribution in [2.24, 2.45) is 0 Å². The lowest BCUT2D eigenvalue weighted by Crippen LogP contribution is -2.46. The monoisotopic (exact) mass is 468 g/mol. The Bertz CT molecular complexity index is 1450. The fraction of sp³-hybridized carbons (Fsp3) is 0.179. The number of allylic oxidation sites excluding steroid dienone is 1. The van der Waals surface area contributed by atoms with Gasteiger partial charge in [0.2, 0.25) is 5.82 Å². The molecule has 1 atom stereocenters. The number of amides is 2. The first kappa shape index (κ1) is 22.5. The second-order valence-corrected chi connectivity index (χ2v) is 8.91. The highest BCUT2D eigenvalue weighted by atomic mass is 19.1. The van der Waals surface area contributed by atoms with E-state index in [0.717, 1.165) is 27.9 Å². The molecule has 4 aromatic rings. The SMILES string of the molecule is CC1=C(c2nc(-c3cccc(C)c3)no2)C(c2cccc(F)c2)NC(=O)N1c1cc(C)cc(C)c1. The van der Waals surface area contributed by atoms with Crippen molar-refractivity contribution in [1.29, 1.82) is 0 Å². The van der Waals surface area contributed by atoms with Crippen molar-refractivity contribution in [2.45, 2.75) is 33.7 Å². The van der Waals surface area contributed by atoms with Crippen LogP contribution in [0, 0.1) is 26.6 Å². The quantitative estimate of drug-likeness (QED) is 0.371. The summed E-state index contributed by atoms with van der Waals surface area (Å²) in [4.78, 5) is 19.6. The summed E-state index contributed by atoms with van der Waals surface area (Å²) in [6, 6.07) is 18.9. The van der Waals surface area contributed by atoms with E-state index in [1.807, 2.05) is 70.2 Å². The number of nitrogens with zero attached hydrogens (tertiary/aromatic N) is 3. The lowest BCUT2D eigenvalue weighted by Gasteiger charge is -2.35. The smallest absolute Gasteiger partial charge is 0.326 e. The second kappa shape index (κ2) is 8.83. The van der Waals surface area contributed by atoms with E-state index in [1.165, 1.54) is 12.1 Å². The third-order valence-corrected chi connectivity index (χ3v) is 6.06. The summed E-state index contributed by atoms with van der Waals surface area (Å²) in [5.74, 6) is 0.316. The summed E-state index contributed by atoms with van der Waals surface area (Å²) in [7, 11) is 0. The molecule has 0 radical (unpaired) electrons. The van der Waals surface area contributed by atoms with Gasteiger partial charge in [0.25, 0.3) is 5.89 Å². The number of nitrogens with one attached hydrogen (secondary N) is 1. The molecule has 1 aliphatic rings. The lowest BCUT2D eigenvalue weighted by atomic mass is 9.94. The topological polar surface area (TPSA) is 71.3 Å². The van der Waals surface area contributed by atoms with Gasteiger partial charge in [0, 0.05) is 11.3 Å². The number of anilines is 1. The van der Waals surface area contributed by atoms with Gasteiger partial charge >= 0.3 is 6.03 Å². The van der Waals surface area contributed by atoms with Crippen LogP contribution in [0.5, 0.6) is 0 Å². The van der Waals surface area contributed by atoms with Gasteiger partial charge in [-0.25, -0.2) is 9.18 Å². The highest BCUT2D eigenvalue weighted by Gasteiger charge is 2.36. The number of urea groups is 1. The molecule has 0 spiro atoms. The minimum absolute atomic E-state index is 0.266. The number of halogens is 1. The third kappa shape index (κ3) is 4.33. The highest BCUT2D eigenvalue weighted by molar-refractivity contribution is 6.01. The maximum Gasteiger partial charge on any atom is 0.326 e. The Kier molecular flexibility index (Phi) is 5.68. The summed E-state index contributed by atoms with van der Waals surface area (Å²) in [6.45, 7) is 7.81. The zero-order chi connectivity index (χ0) is 24.7. The van der Waals surface area contributed by atoms with E-state index in [4.69, 9.17) is 4.52 Å². The number of aromatic nitrogens is 2. The van der Waals surface area contributed by atoms with E-state index in [0.29, 0.717) is 22.7 Å². The van der Waals surface area contributed by atoms with E-state index < -0.39 is 11.9 Å². The van der Waals surface area contributed by atoms with Gasteiger partial charge in [0.05, 0.1) is 17.3 Å². The van der Waals surface area contributed by atoms with Crippen LogP contribution in [0.3, 0.4) is 0 Å². The Labute approximate surface area is 203 Å². The van der Waals surface area contributed by atoms with Crippen LogP contribution in [0.1, 0.15) is 41.1 Å². The molecule has 5 rings (SSSR count). The number of benzene rings is 3. The highest BCUT2D eigenvalue weighted by Crippen LogP contribution is 2.39. The minimum Gasteiger partial charge on any atom is -0.334 e. The van der Waals surface area contributed by atoms with Crippen molar-refractivity contribution in [3.05, 3.63) is 106 Å². The number of hydrogen-bond acceptors (Lipinski definition) is 4. The molecule has 176 valence electrons. The van der Waals surface area contributed by atoms with Crippen molar-refractivity contribution in [3.63, 3.8) is 0 Å². The Morgan fingerprint density at radius 1 is 0.914 bits per heavy atom. The minimum atomic E-state index is -0.661. The van der Waals surface area contributed by atoms with Crippen LogP contribution in [0.25, 0.3) is 17.0 Å². The maximum absolute atomic E-state index is 14.1. The van der Waals surface area contributed by atoms with Crippen LogP contribution in [-0.4, -0.2) is 16.2 Å². The molecule has 7 heteroatoms. The molecule has 1 N–H and O–H groups in total. The van der Waals surface area contributed by atoms with Gasteiger partial charge in [-0.2, -0.15) is 4.98 Å². The van der Waals surface area contributed by atoms with Crippen LogP contribution >= 0.6 is 0 Å². The molecule has 2 amide bonds. The standard InChI is InChI=1S/C28H25FN4O2/c1-16-7-5-9-21(12-16)26-31-27(35-32-26)24-19(4)33(23-13-17(2)11-18(3)14-23)28(34)30-25(24)20-8-6-10-22(29)15-20/h5-15,25H,1-4H3,(H,30,34). The van der Waals surface area contributed by atoms with Crippen molar-refractivity contribution >= 4 is 17.3 Å². The summed E-state index contributed by atoms with van der Waals surface area (Å²) in [5.41, 5.74) is 6.53. The summed E-state index contributed by atoms with van der Waals surface area (Å²) < 4.78 is 19.9. The molecule has 1 unspecified atom stereocenters. The van der Waals surface area contributed by atoms with Crippen LogP contribution in [0.4, 0.5) is 14.9 Å². The molecule has 0 saturated carbocycles. The molecule has 0 bridgehead atoms. The molecule has 0 aliphatic carbocycles. The molecule has 3 aromatic carbocycles. The summed E-state index contributed by atoms with van der Waals surface area (Å²) in [5, 5.41) is 7.22. The van der Waals surface area contributed by atoms with Crippen molar-refractivity contribution in [2.75, 3.05) is 4.90 Å². The molecule has 1 aromatic heterocycles. The molecule has 35 heavy (non-hydrogen) atoms. The molecular formula is C28H25FN4O2. The van der Waals surface area contributed by atoms with Crippen LogP contribution in [0.15, 0.2) is 77.0 Å². The zero-order valence-corrected chi connectivity index (χ0v) is 20.0. The van der Waals surface area contributed by atoms with Gasteiger partial charge in [0.15, 0.2) is 0 Å². The molecule has 0 fully saturated rings. The van der Waals surface area contributed by atoms with E-state index >= 15 is 0 Å². The van der Waals surface area contributed by atoms with Crippen molar-refractivity contribution in [1.82, 2.24) is 15.5 Å². The maximum atomic E-state index is 14.1. The van der Waals surface area contributed by atoms with Gasteiger partial charge < -0.3 is 9.84 Å². The van der Waals surface area contributed by atoms with E-state index in [1.54, 1.807) is 17.0 Å². The van der Waals surface area contributed by atoms with Crippen LogP contribution < -0.4 is 10.2 Å². The van der Waals surface area contributed by atoms with Gasteiger partial charge in [-0.05, 0) is 74.7 Å². The van der Waals surface area contributed by atoms with Crippen LogP contribution in [0.2, 0.25) is 0 Å². The Morgan fingerprint density at radius 2 is 1.66 bits per heavy atom. The van der Waals surface area contributed by atoms with Crippen molar-refractivity contribution in [3.8, 4) is 11.4 Å². The van der Waals surface area contributed by atoms with Crippen molar-refractivity contribution < 1.29 is 13.7 Å². The number of carbonyl (C=O) groups is 1. The molecule has 6 nitrogen and oxygen atoms in total. The fourth-order valence-electron chi connectivity index (χ4n) is 4.58. The summed E-state index contributed by atoms with van der Waals surface area (Å²) in [6.07, 6.45) is 0. The second-order valence-electron chi connectivity index (χ2n) is 8.91. The Hall–Kier alpha value is -4.26. The molecule has 2 heterocycles. The predicted octanol–water partition coefficient (Wildman–Crippen LogP) is 6.50. The molecule has 1 aliphatic heterocycles. The first-order valence-corrected chi connectivity index (χ1v) is 11.4. The van der Waals surface area contributed by atoms with E-state index in [2.05, 4.69) is 15.5 Å². The third-order valence-electron chi connectivity index (χ3n) is 6.06. The Morgan fingerprint density at radius 3 is 2.37 bits per heavy atom. The Balaban J connectivity index is 1.68. The molecular weight excluding hydrogens is 443 g/mol. The average Bonchev–Trinajstić information content (AvgIpc) is 3.28.